The van der Waals surface area contributed by atoms with E-state index in [-0.39, 0.29) is 23.2 Å². The average Bonchev–Trinajstić information content (AvgIpc) is 2.64. The first-order chi connectivity index (χ1) is 12.7. The van der Waals surface area contributed by atoms with E-state index < -0.39 is 11.0 Å². The summed E-state index contributed by atoms with van der Waals surface area (Å²) in [4.78, 5) is 27.3. The molecule has 0 saturated carbocycles. The number of halogens is 1. The van der Waals surface area contributed by atoms with E-state index in [0.717, 1.165) is 5.56 Å². The minimum atomic E-state index is -0.796. The Labute approximate surface area is 164 Å². The van der Waals surface area contributed by atoms with E-state index in [2.05, 4.69) is 0 Å². The average molecular weight is 387 g/mol. The number of hydrogen-bond acceptors (Lipinski definition) is 4. The molecule has 1 aromatic carbocycles. The Kier molecular flexibility index (Phi) is 5.16. The van der Waals surface area contributed by atoms with Crippen molar-refractivity contribution in [3.05, 3.63) is 46.5 Å². The van der Waals surface area contributed by atoms with Crippen LogP contribution >= 0.6 is 11.6 Å². The molecule has 2 aliphatic rings. The van der Waals surface area contributed by atoms with Gasteiger partial charge in [0, 0.05) is 17.0 Å². The zero-order chi connectivity index (χ0) is 19.8. The maximum Gasteiger partial charge on any atom is 0.230 e. The van der Waals surface area contributed by atoms with Crippen LogP contribution in [0.3, 0.4) is 0 Å². The zero-order valence-electron chi connectivity index (χ0n) is 15.8. The van der Waals surface area contributed by atoms with E-state index in [0.29, 0.717) is 31.1 Å². The molecule has 0 radical (unpaired) electrons. The van der Waals surface area contributed by atoms with Gasteiger partial charge in [-0.25, -0.2) is 0 Å². The number of ketones is 1. The van der Waals surface area contributed by atoms with E-state index in [1.165, 1.54) is 0 Å². The number of amides is 1. The summed E-state index contributed by atoms with van der Waals surface area (Å²) in [6, 6.07) is 9.26. The van der Waals surface area contributed by atoms with Crippen molar-refractivity contribution in [1.82, 2.24) is 4.90 Å². The molecule has 1 heterocycles. The van der Waals surface area contributed by atoms with Crippen LogP contribution in [0.4, 0.5) is 0 Å². The van der Waals surface area contributed by atoms with Gasteiger partial charge in [-0.15, -0.1) is 0 Å². The number of nitrogens with zero attached hydrogens (tertiary/aromatic N) is 2. The topological polar surface area (TPSA) is 70.4 Å². The first-order valence-electron chi connectivity index (χ1n) is 9.03. The van der Waals surface area contributed by atoms with E-state index in [1.54, 1.807) is 23.1 Å². The molecule has 27 heavy (non-hydrogen) atoms. The second-order valence-electron chi connectivity index (χ2n) is 8.01. The van der Waals surface area contributed by atoms with Crippen LogP contribution in [0, 0.1) is 16.7 Å². The molecule has 142 valence electrons. The number of allylic oxidation sites excluding steroid dienone is 1. The second-order valence-corrected chi connectivity index (χ2v) is 8.44. The summed E-state index contributed by atoms with van der Waals surface area (Å²) in [5.74, 6) is -0.478. The minimum Gasteiger partial charge on any atom is -0.367 e. The lowest BCUT2D eigenvalue weighted by Crippen LogP contribution is -2.57. The summed E-state index contributed by atoms with van der Waals surface area (Å²) in [7, 11) is 0. The van der Waals surface area contributed by atoms with Gasteiger partial charge in [-0.3, -0.25) is 9.59 Å². The number of rotatable bonds is 2. The predicted octanol–water partition coefficient (Wildman–Crippen LogP) is 3.49. The highest BCUT2D eigenvalue weighted by Gasteiger charge is 2.48. The van der Waals surface area contributed by atoms with Crippen LogP contribution in [0.2, 0.25) is 5.02 Å². The number of morpholine rings is 1. The Morgan fingerprint density at radius 1 is 1.33 bits per heavy atom. The van der Waals surface area contributed by atoms with E-state index in [9.17, 15) is 14.9 Å². The standard InChI is InChI=1S/C21H23ClN2O3/c1-14(15-4-6-17(22)7-5-15)19(26)24-8-9-27-21(13-24)10-16(11-23)18(25)20(2,3)12-21/h4-7,10,14H,8-9,12-13H2,1-3H3. The molecule has 1 spiro atoms. The zero-order valence-corrected chi connectivity index (χ0v) is 16.5. The van der Waals surface area contributed by atoms with Gasteiger partial charge in [0.1, 0.15) is 11.7 Å². The highest BCUT2D eigenvalue weighted by atomic mass is 35.5. The van der Waals surface area contributed by atoms with Crippen LogP contribution in [-0.4, -0.2) is 41.9 Å². The quantitative estimate of drug-likeness (QED) is 0.780. The second kappa shape index (κ2) is 7.10. The molecule has 5 nitrogen and oxygen atoms in total. The highest BCUT2D eigenvalue weighted by Crippen LogP contribution is 2.41. The minimum absolute atomic E-state index is 0.00149. The van der Waals surface area contributed by atoms with Crippen molar-refractivity contribution in [3.63, 3.8) is 0 Å². The van der Waals surface area contributed by atoms with Gasteiger partial charge in [0.25, 0.3) is 0 Å². The van der Waals surface area contributed by atoms with Crippen molar-refractivity contribution < 1.29 is 14.3 Å². The van der Waals surface area contributed by atoms with Gasteiger partial charge in [-0.05, 0) is 37.1 Å². The third kappa shape index (κ3) is 3.78. The van der Waals surface area contributed by atoms with Crippen LogP contribution in [0.25, 0.3) is 0 Å². The third-order valence-electron chi connectivity index (χ3n) is 5.39. The number of carbonyl (C=O) groups excluding carboxylic acids is 2. The van der Waals surface area contributed by atoms with Gasteiger partial charge in [0.15, 0.2) is 5.78 Å². The molecule has 1 aromatic rings. The van der Waals surface area contributed by atoms with Gasteiger partial charge in [0.05, 0.1) is 24.6 Å². The van der Waals surface area contributed by atoms with Gasteiger partial charge in [0.2, 0.25) is 5.91 Å². The SMILES string of the molecule is CC(C(=O)N1CCOC2(C=C(C#N)C(=O)C(C)(C)C2)C1)c1ccc(Cl)cc1. The summed E-state index contributed by atoms with van der Waals surface area (Å²) >= 11 is 5.94. The fourth-order valence-electron chi connectivity index (χ4n) is 4.01. The van der Waals surface area contributed by atoms with Crippen LogP contribution < -0.4 is 0 Å². The normalized spacial score (nSPS) is 25.7. The number of benzene rings is 1. The van der Waals surface area contributed by atoms with Crippen LogP contribution in [0.1, 0.15) is 38.7 Å². The Bertz CT molecular complexity index is 838. The monoisotopic (exact) mass is 386 g/mol. The number of ether oxygens (including phenoxy) is 1. The maximum atomic E-state index is 13.1. The fraction of sp³-hybridized carbons (Fsp3) is 0.476. The van der Waals surface area contributed by atoms with Crippen LogP contribution in [-0.2, 0) is 14.3 Å². The van der Waals surface area contributed by atoms with Crippen molar-refractivity contribution in [1.29, 1.82) is 5.26 Å². The van der Waals surface area contributed by atoms with Gasteiger partial charge >= 0.3 is 0 Å². The third-order valence-corrected chi connectivity index (χ3v) is 5.64. The van der Waals surface area contributed by atoms with Crippen molar-refractivity contribution in [2.24, 2.45) is 5.41 Å². The Morgan fingerprint density at radius 2 is 2.00 bits per heavy atom. The van der Waals surface area contributed by atoms with E-state index in [4.69, 9.17) is 16.3 Å². The molecule has 0 aromatic heterocycles. The fourth-order valence-corrected chi connectivity index (χ4v) is 4.14. The number of hydrogen-bond donors (Lipinski definition) is 0. The molecule has 2 unspecified atom stereocenters. The van der Waals surface area contributed by atoms with Crippen molar-refractivity contribution >= 4 is 23.3 Å². The molecular formula is C21H23ClN2O3. The maximum absolute atomic E-state index is 13.1. The Hall–Kier alpha value is -2.16. The number of Topliss-reactive ketones (excluding diaryl/α,β-unsaturated/α-hetero) is 1. The van der Waals surface area contributed by atoms with E-state index in [1.807, 2.05) is 39.0 Å². The van der Waals surface area contributed by atoms with Gasteiger partial charge < -0.3 is 9.64 Å². The summed E-state index contributed by atoms with van der Waals surface area (Å²) in [5, 5.41) is 9.99. The Balaban J connectivity index is 1.84. The first kappa shape index (κ1) is 19.6. The van der Waals surface area contributed by atoms with Crippen LogP contribution in [0.15, 0.2) is 35.9 Å². The van der Waals surface area contributed by atoms with E-state index >= 15 is 0 Å². The predicted molar refractivity (Wildman–Crippen MR) is 102 cm³/mol. The molecule has 1 aliphatic carbocycles. The van der Waals surface area contributed by atoms with Crippen molar-refractivity contribution in [2.45, 2.75) is 38.7 Å². The lowest BCUT2D eigenvalue weighted by Gasteiger charge is -2.47. The largest absolute Gasteiger partial charge is 0.367 e. The van der Waals surface area contributed by atoms with Crippen molar-refractivity contribution in [2.75, 3.05) is 19.7 Å². The number of nitriles is 1. The van der Waals surface area contributed by atoms with Crippen LogP contribution in [0.5, 0.6) is 0 Å². The molecule has 1 aliphatic heterocycles. The van der Waals surface area contributed by atoms with Crippen molar-refractivity contribution in [3.8, 4) is 6.07 Å². The smallest absolute Gasteiger partial charge is 0.230 e. The Morgan fingerprint density at radius 3 is 2.63 bits per heavy atom. The molecular weight excluding hydrogens is 364 g/mol. The van der Waals surface area contributed by atoms with Gasteiger partial charge in [-0.1, -0.05) is 37.6 Å². The molecule has 1 saturated heterocycles. The first-order valence-corrected chi connectivity index (χ1v) is 9.41. The highest BCUT2D eigenvalue weighted by molar-refractivity contribution is 6.30. The molecule has 3 rings (SSSR count). The lowest BCUT2D eigenvalue weighted by atomic mass is 9.69. The molecule has 6 heteroatoms. The summed E-state index contributed by atoms with van der Waals surface area (Å²) in [6.45, 7) is 6.72. The number of carbonyl (C=O) groups is 2. The van der Waals surface area contributed by atoms with Gasteiger partial charge in [-0.2, -0.15) is 5.26 Å². The summed E-state index contributed by atoms with van der Waals surface area (Å²) in [5.41, 5.74) is -0.479. The molecule has 2 atom stereocenters. The molecule has 0 bridgehead atoms. The molecule has 0 N–H and O–H groups in total. The summed E-state index contributed by atoms with van der Waals surface area (Å²) < 4.78 is 6.01. The summed E-state index contributed by atoms with van der Waals surface area (Å²) in [6.07, 6.45) is 2.07. The molecule has 1 fully saturated rings. The molecule has 1 amide bonds. The lowest BCUT2D eigenvalue weighted by molar-refractivity contribution is -0.152.